The average molecular weight is 440 g/mol. The summed E-state index contributed by atoms with van der Waals surface area (Å²) in [6, 6.07) is 10.8. The topological polar surface area (TPSA) is 65.2 Å². The van der Waals surface area contributed by atoms with Crippen LogP contribution in [0.25, 0.3) is 11.4 Å². The number of hydrogen-bond acceptors (Lipinski definition) is 5. The second-order valence-electron chi connectivity index (χ2n) is 5.42. The SMILES string of the molecule is O=C(CCCc1nc(-c2ccc(F)cc2)no1)Oc1ccc(Br)cc1Cl. The Morgan fingerprint density at radius 3 is 2.73 bits per heavy atom. The Morgan fingerprint density at radius 2 is 2.00 bits per heavy atom. The maximum atomic E-state index is 12.9. The molecule has 0 bridgehead atoms. The summed E-state index contributed by atoms with van der Waals surface area (Å²) in [6.07, 6.45) is 1.09. The highest BCUT2D eigenvalue weighted by molar-refractivity contribution is 9.10. The molecule has 0 aliphatic rings. The smallest absolute Gasteiger partial charge is 0.311 e. The number of carbonyl (C=O) groups excluding carboxylic acids is 1. The summed E-state index contributed by atoms with van der Waals surface area (Å²) in [5, 5.41) is 4.21. The summed E-state index contributed by atoms with van der Waals surface area (Å²) in [6.45, 7) is 0. The molecule has 1 aromatic heterocycles. The standard InChI is InChI=1S/C18H13BrClFN2O3/c19-12-6-9-15(14(20)10-12)25-17(24)3-1-2-16-22-18(23-26-16)11-4-7-13(21)8-5-11/h4-10H,1-3H2. The number of nitrogens with zero attached hydrogens (tertiary/aromatic N) is 2. The Kier molecular flexibility index (Phi) is 6.00. The van der Waals surface area contributed by atoms with Gasteiger partial charge in [-0.2, -0.15) is 4.98 Å². The summed E-state index contributed by atoms with van der Waals surface area (Å²) in [5.74, 6) is 0.369. The van der Waals surface area contributed by atoms with Crippen molar-refractivity contribution in [2.45, 2.75) is 19.3 Å². The van der Waals surface area contributed by atoms with Gasteiger partial charge in [0.1, 0.15) is 11.6 Å². The van der Waals surface area contributed by atoms with Gasteiger partial charge in [-0.25, -0.2) is 4.39 Å². The number of hydrogen-bond donors (Lipinski definition) is 0. The van der Waals surface area contributed by atoms with Crippen molar-refractivity contribution in [1.82, 2.24) is 10.1 Å². The van der Waals surface area contributed by atoms with E-state index in [1.807, 2.05) is 0 Å². The summed E-state index contributed by atoms with van der Waals surface area (Å²) in [5.41, 5.74) is 0.658. The van der Waals surface area contributed by atoms with Crippen LogP contribution in [0.3, 0.4) is 0 Å². The van der Waals surface area contributed by atoms with E-state index in [2.05, 4.69) is 26.1 Å². The van der Waals surface area contributed by atoms with E-state index in [4.69, 9.17) is 20.9 Å². The first-order chi connectivity index (χ1) is 12.5. The van der Waals surface area contributed by atoms with Gasteiger partial charge in [-0.1, -0.05) is 32.7 Å². The number of benzene rings is 2. The van der Waals surface area contributed by atoms with Gasteiger partial charge in [0.05, 0.1) is 5.02 Å². The molecule has 0 fully saturated rings. The molecule has 0 saturated heterocycles. The van der Waals surface area contributed by atoms with E-state index in [1.54, 1.807) is 30.3 Å². The molecule has 0 aliphatic carbocycles. The fourth-order valence-corrected chi connectivity index (χ4v) is 2.90. The monoisotopic (exact) mass is 438 g/mol. The molecule has 2 aromatic carbocycles. The largest absolute Gasteiger partial charge is 0.425 e. The Morgan fingerprint density at radius 1 is 1.23 bits per heavy atom. The van der Waals surface area contributed by atoms with Gasteiger partial charge in [0.15, 0.2) is 0 Å². The lowest BCUT2D eigenvalue weighted by molar-refractivity contribution is -0.134. The van der Waals surface area contributed by atoms with Gasteiger partial charge >= 0.3 is 5.97 Å². The molecule has 3 aromatic rings. The molecule has 0 atom stereocenters. The first-order valence-electron chi connectivity index (χ1n) is 7.75. The molecule has 0 spiro atoms. The Bertz CT molecular complexity index is 915. The lowest BCUT2D eigenvalue weighted by Crippen LogP contribution is -2.08. The quantitative estimate of drug-likeness (QED) is 0.389. The van der Waals surface area contributed by atoms with Gasteiger partial charge in [-0.15, -0.1) is 0 Å². The van der Waals surface area contributed by atoms with Crippen LogP contribution in [0.5, 0.6) is 5.75 Å². The van der Waals surface area contributed by atoms with Gasteiger partial charge in [0.2, 0.25) is 11.7 Å². The van der Waals surface area contributed by atoms with Crippen LogP contribution in [0.1, 0.15) is 18.7 Å². The fraction of sp³-hybridized carbons (Fsp3) is 0.167. The molecule has 8 heteroatoms. The second kappa shape index (κ2) is 8.42. The Hall–Kier alpha value is -2.25. The predicted molar refractivity (Wildman–Crippen MR) is 97.4 cm³/mol. The number of aryl methyl sites for hydroxylation is 1. The third kappa shape index (κ3) is 4.89. The summed E-state index contributed by atoms with van der Waals surface area (Å²) in [7, 11) is 0. The first kappa shape index (κ1) is 18.5. The maximum absolute atomic E-state index is 12.9. The van der Waals surface area contributed by atoms with Gasteiger partial charge in [-0.3, -0.25) is 4.79 Å². The fourth-order valence-electron chi connectivity index (χ4n) is 2.19. The molecule has 0 radical (unpaired) electrons. The predicted octanol–water partition coefficient (Wildman–Crippen LogP) is 5.22. The Labute approximate surface area is 162 Å². The van der Waals surface area contributed by atoms with E-state index in [9.17, 15) is 9.18 Å². The van der Waals surface area contributed by atoms with Crippen LogP contribution < -0.4 is 4.74 Å². The molecule has 134 valence electrons. The van der Waals surface area contributed by atoms with Crippen LogP contribution in [-0.4, -0.2) is 16.1 Å². The van der Waals surface area contributed by atoms with Crippen molar-refractivity contribution in [3.05, 3.63) is 63.7 Å². The van der Waals surface area contributed by atoms with Crippen molar-refractivity contribution in [2.24, 2.45) is 0 Å². The normalized spacial score (nSPS) is 10.7. The van der Waals surface area contributed by atoms with E-state index in [-0.39, 0.29) is 12.2 Å². The maximum Gasteiger partial charge on any atom is 0.311 e. The molecule has 0 N–H and O–H groups in total. The molecule has 0 amide bonds. The number of rotatable bonds is 6. The molecular weight excluding hydrogens is 427 g/mol. The van der Waals surface area contributed by atoms with Crippen molar-refractivity contribution < 1.29 is 18.4 Å². The van der Waals surface area contributed by atoms with Crippen LogP contribution in [-0.2, 0) is 11.2 Å². The molecule has 0 aliphatic heterocycles. The van der Waals surface area contributed by atoms with Crippen molar-refractivity contribution in [3.8, 4) is 17.1 Å². The van der Waals surface area contributed by atoms with Crippen LogP contribution >= 0.6 is 27.5 Å². The Balaban J connectivity index is 1.50. The number of esters is 1. The van der Waals surface area contributed by atoms with E-state index in [0.717, 1.165) is 4.47 Å². The summed E-state index contributed by atoms with van der Waals surface area (Å²) in [4.78, 5) is 16.1. The van der Waals surface area contributed by atoms with E-state index >= 15 is 0 Å². The van der Waals surface area contributed by atoms with Crippen molar-refractivity contribution >= 4 is 33.5 Å². The van der Waals surface area contributed by atoms with Crippen LogP contribution in [0.15, 0.2) is 51.5 Å². The highest BCUT2D eigenvalue weighted by Crippen LogP contribution is 2.28. The van der Waals surface area contributed by atoms with Crippen molar-refractivity contribution in [1.29, 1.82) is 0 Å². The molecule has 1 heterocycles. The summed E-state index contributed by atoms with van der Waals surface area (Å²) >= 11 is 9.30. The van der Waals surface area contributed by atoms with Crippen molar-refractivity contribution in [2.75, 3.05) is 0 Å². The minimum atomic E-state index is -0.396. The highest BCUT2D eigenvalue weighted by atomic mass is 79.9. The van der Waals surface area contributed by atoms with E-state index in [1.165, 1.54) is 12.1 Å². The van der Waals surface area contributed by atoms with Gasteiger partial charge in [0, 0.05) is 22.9 Å². The number of aromatic nitrogens is 2. The number of halogens is 3. The summed E-state index contributed by atoms with van der Waals surface area (Å²) < 4.78 is 24.1. The number of carbonyl (C=O) groups is 1. The third-order valence-corrected chi connectivity index (χ3v) is 4.25. The van der Waals surface area contributed by atoms with E-state index < -0.39 is 5.97 Å². The van der Waals surface area contributed by atoms with Crippen LogP contribution in [0.4, 0.5) is 4.39 Å². The zero-order valence-corrected chi connectivity index (χ0v) is 15.8. The average Bonchev–Trinajstić information content (AvgIpc) is 3.07. The molecule has 5 nitrogen and oxygen atoms in total. The number of ether oxygens (including phenoxy) is 1. The lowest BCUT2D eigenvalue weighted by Gasteiger charge is -2.05. The molecule has 3 rings (SSSR count). The van der Waals surface area contributed by atoms with Gasteiger partial charge in [-0.05, 0) is 48.9 Å². The molecule has 26 heavy (non-hydrogen) atoms. The molecule has 0 saturated carbocycles. The zero-order chi connectivity index (χ0) is 18.5. The van der Waals surface area contributed by atoms with Crippen LogP contribution in [0.2, 0.25) is 5.02 Å². The van der Waals surface area contributed by atoms with Crippen molar-refractivity contribution in [3.63, 3.8) is 0 Å². The third-order valence-electron chi connectivity index (χ3n) is 3.46. The lowest BCUT2D eigenvalue weighted by atomic mass is 10.2. The van der Waals surface area contributed by atoms with Gasteiger partial charge in [0.25, 0.3) is 0 Å². The minimum Gasteiger partial charge on any atom is -0.425 e. The van der Waals surface area contributed by atoms with Crippen LogP contribution in [0, 0.1) is 5.82 Å². The second-order valence-corrected chi connectivity index (χ2v) is 6.74. The zero-order valence-electron chi connectivity index (χ0n) is 13.4. The highest BCUT2D eigenvalue weighted by Gasteiger charge is 2.12. The minimum absolute atomic E-state index is 0.181. The molecular formula is C18H13BrClFN2O3. The van der Waals surface area contributed by atoms with Gasteiger partial charge < -0.3 is 9.26 Å². The molecule has 0 unspecified atom stereocenters. The van der Waals surface area contributed by atoms with E-state index in [0.29, 0.717) is 40.9 Å². The first-order valence-corrected chi connectivity index (χ1v) is 8.92.